The van der Waals surface area contributed by atoms with Gasteiger partial charge in [-0.15, -0.1) is 0 Å². The Morgan fingerprint density at radius 2 is 2.21 bits per heavy atom. The molecule has 2 aliphatic heterocycles. The summed E-state index contributed by atoms with van der Waals surface area (Å²) in [5.41, 5.74) is 4.45. The molecule has 2 aliphatic rings. The molecule has 2 aromatic heterocycles. The van der Waals surface area contributed by atoms with E-state index in [1.165, 1.54) is 11.1 Å². The van der Waals surface area contributed by atoms with Crippen LogP contribution in [0.1, 0.15) is 24.5 Å². The van der Waals surface area contributed by atoms with Crippen molar-refractivity contribution in [1.29, 1.82) is 5.26 Å². The maximum Gasteiger partial charge on any atom is 0.133 e. The van der Waals surface area contributed by atoms with Crippen LogP contribution in [0.4, 0.5) is 5.82 Å². The van der Waals surface area contributed by atoms with Gasteiger partial charge in [-0.1, -0.05) is 6.92 Å². The molecule has 0 amide bonds. The lowest BCUT2D eigenvalue weighted by Crippen LogP contribution is -2.60. The van der Waals surface area contributed by atoms with E-state index in [1.54, 1.807) is 6.33 Å². The highest BCUT2D eigenvalue weighted by atomic mass is 15.2. The van der Waals surface area contributed by atoms with Crippen molar-refractivity contribution in [3.05, 3.63) is 29.8 Å². The molecule has 4 heterocycles. The standard InChI is InChI=1S/C18H22N6/c1-12-5-14-16(22-11-23-17(14)21-6-12)15-8-24(7-13(15)2)18(3-4-19)9-20-10-18/h7-8,11-12,20H,3,5-6,9-10H2,1-2H3,(H,21,22,23). The smallest absolute Gasteiger partial charge is 0.133 e. The van der Waals surface area contributed by atoms with Crippen LogP contribution in [-0.4, -0.2) is 34.2 Å². The minimum Gasteiger partial charge on any atom is -0.369 e. The van der Waals surface area contributed by atoms with Crippen LogP contribution in [0.3, 0.4) is 0 Å². The molecule has 6 heteroatoms. The Balaban J connectivity index is 1.78. The molecular weight excluding hydrogens is 300 g/mol. The summed E-state index contributed by atoms with van der Waals surface area (Å²) in [5, 5.41) is 15.9. The van der Waals surface area contributed by atoms with Crippen molar-refractivity contribution < 1.29 is 0 Å². The number of nitrogens with one attached hydrogen (secondary N) is 2. The van der Waals surface area contributed by atoms with E-state index in [9.17, 15) is 5.26 Å². The molecule has 0 aromatic carbocycles. The van der Waals surface area contributed by atoms with Crippen molar-refractivity contribution >= 4 is 5.82 Å². The van der Waals surface area contributed by atoms with Crippen molar-refractivity contribution in [3.8, 4) is 17.3 Å². The summed E-state index contributed by atoms with van der Waals surface area (Å²) < 4.78 is 2.21. The molecule has 2 N–H and O–H groups in total. The lowest BCUT2D eigenvalue weighted by atomic mass is 9.89. The molecule has 0 spiro atoms. The summed E-state index contributed by atoms with van der Waals surface area (Å²) in [6, 6.07) is 2.34. The fourth-order valence-corrected chi connectivity index (χ4v) is 3.72. The molecule has 0 aliphatic carbocycles. The predicted molar refractivity (Wildman–Crippen MR) is 92.6 cm³/mol. The number of nitriles is 1. The van der Waals surface area contributed by atoms with Crippen LogP contribution in [0.5, 0.6) is 0 Å². The molecule has 0 saturated carbocycles. The summed E-state index contributed by atoms with van der Waals surface area (Å²) in [6.45, 7) is 7.00. The number of fused-ring (bicyclic) bond motifs is 1. The van der Waals surface area contributed by atoms with Gasteiger partial charge in [0.1, 0.15) is 12.1 Å². The Hall–Kier alpha value is -2.39. The molecule has 24 heavy (non-hydrogen) atoms. The third kappa shape index (κ3) is 2.28. The van der Waals surface area contributed by atoms with Crippen LogP contribution in [0.25, 0.3) is 11.3 Å². The first-order valence-electron chi connectivity index (χ1n) is 8.48. The molecule has 1 unspecified atom stereocenters. The largest absolute Gasteiger partial charge is 0.369 e. The molecular formula is C18H22N6. The van der Waals surface area contributed by atoms with Crippen molar-refractivity contribution in [3.63, 3.8) is 0 Å². The Labute approximate surface area is 141 Å². The van der Waals surface area contributed by atoms with Crippen LogP contribution in [0.2, 0.25) is 0 Å². The highest BCUT2D eigenvalue weighted by molar-refractivity contribution is 5.71. The van der Waals surface area contributed by atoms with Crippen LogP contribution < -0.4 is 10.6 Å². The zero-order valence-electron chi connectivity index (χ0n) is 14.1. The van der Waals surface area contributed by atoms with Gasteiger partial charge in [0, 0.05) is 43.2 Å². The highest BCUT2D eigenvalue weighted by Gasteiger charge is 2.39. The van der Waals surface area contributed by atoms with E-state index in [2.05, 4.69) is 57.5 Å². The molecule has 6 nitrogen and oxygen atoms in total. The number of hydrogen-bond acceptors (Lipinski definition) is 5. The monoisotopic (exact) mass is 322 g/mol. The van der Waals surface area contributed by atoms with E-state index in [0.29, 0.717) is 12.3 Å². The second kappa shape index (κ2) is 5.60. The zero-order chi connectivity index (χ0) is 16.7. The third-order valence-electron chi connectivity index (χ3n) is 5.26. The van der Waals surface area contributed by atoms with Crippen molar-refractivity contribution in [2.24, 2.45) is 5.92 Å². The SMILES string of the molecule is Cc1cn(C2(CC#N)CNC2)cc1-c1ncnc2c1CC(C)CN2. The van der Waals surface area contributed by atoms with Gasteiger partial charge in [-0.2, -0.15) is 5.26 Å². The van der Waals surface area contributed by atoms with Crippen molar-refractivity contribution in [1.82, 2.24) is 19.9 Å². The summed E-state index contributed by atoms with van der Waals surface area (Å²) >= 11 is 0. The molecule has 2 aromatic rings. The topological polar surface area (TPSA) is 78.6 Å². The normalized spacial score (nSPS) is 21.3. The molecule has 0 bridgehead atoms. The lowest BCUT2D eigenvalue weighted by Gasteiger charge is -2.42. The van der Waals surface area contributed by atoms with E-state index >= 15 is 0 Å². The fraction of sp³-hybridized carbons (Fsp3) is 0.500. The molecule has 4 rings (SSSR count). The van der Waals surface area contributed by atoms with Crippen LogP contribution in [-0.2, 0) is 12.0 Å². The maximum absolute atomic E-state index is 9.19. The van der Waals surface area contributed by atoms with Gasteiger partial charge in [-0.25, -0.2) is 9.97 Å². The van der Waals surface area contributed by atoms with Gasteiger partial charge >= 0.3 is 0 Å². The van der Waals surface area contributed by atoms with Crippen molar-refractivity contribution in [2.45, 2.75) is 32.2 Å². The average Bonchev–Trinajstić information content (AvgIpc) is 2.92. The van der Waals surface area contributed by atoms with E-state index in [4.69, 9.17) is 0 Å². The lowest BCUT2D eigenvalue weighted by molar-refractivity contribution is 0.180. The Morgan fingerprint density at radius 1 is 1.38 bits per heavy atom. The first-order chi connectivity index (χ1) is 11.6. The first kappa shape index (κ1) is 15.2. The Kier molecular flexibility index (Phi) is 3.54. The van der Waals surface area contributed by atoms with Gasteiger partial charge in [-0.05, 0) is 24.8 Å². The summed E-state index contributed by atoms with van der Waals surface area (Å²) in [7, 11) is 0. The van der Waals surface area contributed by atoms with Gasteiger partial charge in [0.25, 0.3) is 0 Å². The third-order valence-corrected chi connectivity index (χ3v) is 5.26. The maximum atomic E-state index is 9.19. The molecule has 124 valence electrons. The Morgan fingerprint density at radius 3 is 2.92 bits per heavy atom. The number of aryl methyl sites for hydroxylation is 1. The van der Waals surface area contributed by atoms with Gasteiger partial charge in [0.15, 0.2) is 0 Å². The van der Waals surface area contributed by atoms with Crippen LogP contribution in [0.15, 0.2) is 18.7 Å². The van der Waals surface area contributed by atoms with Gasteiger partial charge < -0.3 is 15.2 Å². The zero-order valence-corrected chi connectivity index (χ0v) is 14.1. The number of rotatable bonds is 3. The van der Waals surface area contributed by atoms with E-state index in [0.717, 1.165) is 43.1 Å². The molecule has 1 saturated heterocycles. The second-order valence-corrected chi connectivity index (χ2v) is 7.16. The van der Waals surface area contributed by atoms with E-state index in [-0.39, 0.29) is 5.54 Å². The molecule has 1 fully saturated rings. The minimum absolute atomic E-state index is 0.115. The summed E-state index contributed by atoms with van der Waals surface area (Å²) in [5.74, 6) is 1.53. The Bertz CT molecular complexity index is 811. The van der Waals surface area contributed by atoms with E-state index in [1.807, 2.05) is 0 Å². The summed E-state index contributed by atoms with van der Waals surface area (Å²) in [6.07, 6.45) is 7.48. The fourth-order valence-electron chi connectivity index (χ4n) is 3.72. The number of hydrogen-bond donors (Lipinski definition) is 2. The second-order valence-electron chi connectivity index (χ2n) is 7.16. The van der Waals surface area contributed by atoms with Gasteiger partial charge in [0.05, 0.1) is 23.7 Å². The predicted octanol–water partition coefficient (Wildman–Crippen LogP) is 2.07. The molecule has 1 atom stereocenters. The van der Waals surface area contributed by atoms with Gasteiger partial charge in [-0.3, -0.25) is 0 Å². The van der Waals surface area contributed by atoms with Crippen molar-refractivity contribution in [2.75, 3.05) is 25.0 Å². The highest BCUT2D eigenvalue weighted by Crippen LogP contribution is 2.35. The number of nitrogens with zero attached hydrogens (tertiary/aromatic N) is 4. The quantitative estimate of drug-likeness (QED) is 0.904. The minimum atomic E-state index is -0.115. The van der Waals surface area contributed by atoms with Crippen LogP contribution >= 0.6 is 0 Å². The summed E-state index contributed by atoms with van der Waals surface area (Å²) in [4.78, 5) is 9.00. The van der Waals surface area contributed by atoms with Gasteiger partial charge in [0.2, 0.25) is 0 Å². The number of aromatic nitrogens is 3. The average molecular weight is 322 g/mol. The van der Waals surface area contributed by atoms with Crippen LogP contribution in [0, 0.1) is 24.2 Å². The molecule has 0 radical (unpaired) electrons. The van der Waals surface area contributed by atoms with E-state index < -0.39 is 0 Å². The first-order valence-corrected chi connectivity index (χ1v) is 8.48. The number of anilines is 1.